The van der Waals surface area contributed by atoms with Crippen LogP contribution in [0, 0.1) is 5.92 Å². The summed E-state index contributed by atoms with van der Waals surface area (Å²) < 4.78 is 11.0. The van der Waals surface area contributed by atoms with E-state index in [1.807, 2.05) is 4.90 Å². The summed E-state index contributed by atoms with van der Waals surface area (Å²) in [5.41, 5.74) is 0. The van der Waals surface area contributed by atoms with Crippen LogP contribution in [-0.4, -0.2) is 49.6 Å². The number of urea groups is 1. The minimum Gasteiger partial charge on any atom is -0.350 e. The molecular formula is C12H20N2O3. The second-order valence-corrected chi connectivity index (χ2v) is 5.16. The average Bonchev–Trinajstić information content (AvgIpc) is 3.00. The van der Waals surface area contributed by atoms with E-state index in [1.165, 1.54) is 0 Å². The molecule has 3 rings (SSSR count). The summed E-state index contributed by atoms with van der Waals surface area (Å²) in [6, 6.07) is 0.556. The maximum atomic E-state index is 11.8. The van der Waals surface area contributed by atoms with Gasteiger partial charge in [0.05, 0.1) is 13.2 Å². The summed E-state index contributed by atoms with van der Waals surface area (Å²) in [4.78, 5) is 13.7. The first-order valence-corrected chi connectivity index (χ1v) is 6.61. The molecule has 1 N–H and O–H groups in total. The number of nitrogens with zero attached hydrogens (tertiary/aromatic N) is 1. The highest BCUT2D eigenvalue weighted by Crippen LogP contribution is 2.26. The predicted octanol–water partition coefficient (Wildman–Crippen LogP) is 0.943. The topological polar surface area (TPSA) is 50.8 Å². The zero-order valence-electron chi connectivity index (χ0n) is 10.1. The van der Waals surface area contributed by atoms with Crippen molar-refractivity contribution in [2.45, 2.75) is 38.0 Å². The summed E-state index contributed by atoms with van der Waals surface area (Å²) in [7, 11) is 0. The van der Waals surface area contributed by atoms with Gasteiger partial charge in [0, 0.05) is 25.0 Å². The molecule has 1 saturated carbocycles. The van der Waals surface area contributed by atoms with Gasteiger partial charge < -0.3 is 19.7 Å². The van der Waals surface area contributed by atoms with Gasteiger partial charge in [0.1, 0.15) is 0 Å². The van der Waals surface area contributed by atoms with Crippen molar-refractivity contribution >= 4 is 6.03 Å². The lowest BCUT2D eigenvalue weighted by Crippen LogP contribution is -2.46. The maximum absolute atomic E-state index is 11.8. The number of carbonyl (C=O) groups excluding carboxylic acids is 1. The van der Waals surface area contributed by atoms with E-state index in [2.05, 4.69) is 5.32 Å². The number of nitrogens with one attached hydrogen (secondary N) is 1. The molecule has 0 aromatic rings. The number of ether oxygens (including phenoxy) is 2. The summed E-state index contributed by atoms with van der Waals surface area (Å²) in [5, 5.41) is 3.03. The molecule has 3 fully saturated rings. The van der Waals surface area contributed by atoms with Crippen LogP contribution in [0.15, 0.2) is 0 Å². The van der Waals surface area contributed by atoms with Crippen LogP contribution in [0.1, 0.15) is 25.7 Å². The zero-order valence-corrected chi connectivity index (χ0v) is 10.1. The highest BCUT2D eigenvalue weighted by Gasteiger charge is 2.33. The molecule has 5 heteroatoms. The van der Waals surface area contributed by atoms with Gasteiger partial charge in [-0.1, -0.05) is 0 Å². The Bertz CT molecular complexity index is 279. The molecule has 0 bridgehead atoms. The van der Waals surface area contributed by atoms with Crippen LogP contribution in [0.25, 0.3) is 0 Å². The third-order valence-corrected chi connectivity index (χ3v) is 3.76. The molecular weight excluding hydrogens is 220 g/mol. The number of amides is 2. The Balaban J connectivity index is 1.44. The molecule has 17 heavy (non-hydrogen) atoms. The Hall–Kier alpha value is -0.810. The van der Waals surface area contributed by atoms with E-state index in [4.69, 9.17) is 9.47 Å². The van der Waals surface area contributed by atoms with E-state index >= 15 is 0 Å². The van der Waals surface area contributed by atoms with Gasteiger partial charge in [0.25, 0.3) is 0 Å². The lowest BCUT2D eigenvalue weighted by Gasteiger charge is -2.33. The average molecular weight is 240 g/mol. The van der Waals surface area contributed by atoms with Crippen molar-refractivity contribution < 1.29 is 14.3 Å². The Morgan fingerprint density at radius 1 is 1.06 bits per heavy atom. The van der Waals surface area contributed by atoms with Crippen molar-refractivity contribution in [1.29, 1.82) is 0 Å². The number of piperidine rings is 1. The smallest absolute Gasteiger partial charge is 0.317 e. The van der Waals surface area contributed by atoms with Crippen molar-refractivity contribution in [2.24, 2.45) is 5.92 Å². The largest absolute Gasteiger partial charge is 0.350 e. The quantitative estimate of drug-likeness (QED) is 0.781. The summed E-state index contributed by atoms with van der Waals surface area (Å²) in [5.74, 6) is 0.461. The standard InChI is InChI=1S/C12H20N2O3/c15-12(13-10-1-2-10)14-5-3-9(4-6-14)11-16-7-8-17-11/h9-11H,1-8H2,(H,13,15). The molecule has 96 valence electrons. The highest BCUT2D eigenvalue weighted by atomic mass is 16.7. The van der Waals surface area contributed by atoms with Gasteiger partial charge in [0.2, 0.25) is 0 Å². The van der Waals surface area contributed by atoms with E-state index in [9.17, 15) is 4.79 Å². The monoisotopic (exact) mass is 240 g/mol. The van der Waals surface area contributed by atoms with Crippen molar-refractivity contribution in [3.8, 4) is 0 Å². The fourth-order valence-electron chi connectivity index (χ4n) is 2.52. The molecule has 5 nitrogen and oxygen atoms in total. The number of rotatable bonds is 2. The van der Waals surface area contributed by atoms with Crippen LogP contribution in [0.4, 0.5) is 4.79 Å². The Morgan fingerprint density at radius 2 is 1.71 bits per heavy atom. The second-order valence-electron chi connectivity index (χ2n) is 5.16. The van der Waals surface area contributed by atoms with Gasteiger partial charge in [-0.05, 0) is 25.7 Å². The van der Waals surface area contributed by atoms with Crippen molar-refractivity contribution in [1.82, 2.24) is 10.2 Å². The van der Waals surface area contributed by atoms with Crippen LogP contribution >= 0.6 is 0 Å². The van der Waals surface area contributed by atoms with Crippen molar-refractivity contribution in [3.05, 3.63) is 0 Å². The molecule has 0 radical (unpaired) electrons. The molecule has 0 atom stereocenters. The van der Waals surface area contributed by atoms with Crippen LogP contribution in [-0.2, 0) is 9.47 Å². The molecule has 2 heterocycles. The van der Waals surface area contributed by atoms with Gasteiger partial charge >= 0.3 is 6.03 Å². The van der Waals surface area contributed by atoms with E-state index in [0.717, 1.165) is 38.8 Å². The highest BCUT2D eigenvalue weighted by molar-refractivity contribution is 5.74. The van der Waals surface area contributed by atoms with Crippen LogP contribution in [0.3, 0.4) is 0 Å². The Kier molecular flexibility index (Phi) is 3.20. The summed E-state index contributed by atoms with van der Waals surface area (Å²) >= 11 is 0. The van der Waals surface area contributed by atoms with Crippen molar-refractivity contribution in [3.63, 3.8) is 0 Å². The molecule has 2 saturated heterocycles. The summed E-state index contributed by atoms with van der Waals surface area (Å²) in [6.07, 6.45) is 4.24. The van der Waals surface area contributed by atoms with Crippen LogP contribution in [0.5, 0.6) is 0 Å². The number of likely N-dealkylation sites (tertiary alicyclic amines) is 1. The third kappa shape index (κ3) is 2.72. The number of hydrogen-bond donors (Lipinski definition) is 1. The molecule has 2 amide bonds. The first-order valence-electron chi connectivity index (χ1n) is 6.61. The van der Waals surface area contributed by atoms with Gasteiger partial charge in [-0.15, -0.1) is 0 Å². The molecule has 0 spiro atoms. The fourth-order valence-corrected chi connectivity index (χ4v) is 2.52. The maximum Gasteiger partial charge on any atom is 0.317 e. The number of hydrogen-bond acceptors (Lipinski definition) is 3. The normalized spacial score (nSPS) is 27.4. The van der Waals surface area contributed by atoms with Crippen molar-refractivity contribution in [2.75, 3.05) is 26.3 Å². The molecule has 0 aromatic carbocycles. The van der Waals surface area contributed by atoms with Gasteiger partial charge in [-0.25, -0.2) is 4.79 Å². The molecule has 0 unspecified atom stereocenters. The zero-order chi connectivity index (χ0) is 11.7. The fraction of sp³-hybridized carbons (Fsp3) is 0.917. The van der Waals surface area contributed by atoms with Gasteiger partial charge in [-0.3, -0.25) is 0 Å². The van der Waals surface area contributed by atoms with Gasteiger partial charge in [-0.2, -0.15) is 0 Å². The minimum absolute atomic E-state index is 0.0244. The van der Waals surface area contributed by atoms with Gasteiger partial charge in [0.15, 0.2) is 6.29 Å². The van der Waals surface area contributed by atoms with E-state index in [0.29, 0.717) is 25.2 Å². The molecule has 3 aliphatic rings. The Labute approximate surface area is 101 Å². The Morgan fingerprint density at radius 3 is 2.29 bits per heavy atom. The molecule has 2 aliphatic heterocycles. The van der Waals surface area contributed by atoms with E-state index in [1.54, 1.807) is 0 Å². The first kappa shape index (κ1) is 11.3. The lowest BCUT2D eigenvalue weighted by atomic mass is 9.96. The SMILES string of the molecule is O=C(NC1CC1)N1CCC(C2OCCO2)CC1. The van der Waals surface area contributed by atoms with E-state index < -0.39 is 0 Å². The third-order valence-electron chi connectivity index (χ3n) is 3.76. The lowest BCUT2D eigenvalue weighted by molar-refractivity contribution is -0.0952. The minimum atomic E-state index is -0.0244. The molecule has 1 aliphatic carbocycles. The summed E-state index contributed by atoms with van der Waals surface area (Å²) in [6.45, 7) is 3.08. The number of carbonyl (C=O) groups is 1. The molecule has 0 aromatic heterocycles. The van der Waals surface area contributed by atoms with Crippen LogP contribution < -0.4 is 5.32 Å². The second kappa shape index (κ2) is 4.82. The van der Waals surface area contributed by atoms with E-state index in [-0.39, 0.29) is 12.3 Å². The predicted molar refractivity (Wildman–Crippen MR) is 61.5 cm³/mol. The first-order chi connectivity index (χ1) is 8.33. The van der Waals surface area contributed by atoms with Crippen LogP contribution in [0.2, 0.25) is 0 Å².